The van der Waals surface area contributed by atoms with Gasteiger partial charge in [0.15, 0.2) is 0 Å². The molecule has 14 heavy (non-hydrogen) atoms. The average molecular weight is 200 g/mol. The summed E-state index contributed by atoms with van der Waals surface area (Å²) >= 11 is 0. The lowest BCUT2D eigenvalue weighted by Gasteiger charge is -2.37. The van der Waals surface area contributed by atoms with Gasteiger partial charge in [0.1, 0.15) is 0 Å². The van der Waals surface area contributed by atoms with E-state index >= 15 is 0 Å². The fraction of sp³-hybridized carbons (Fsp3) is 1.00. The standard InChI is InChI=1S/C11H24N2O/c1-11(2,9-13-6-5-12)10-3-7-14-8-4-10/h10,13H,3-9,12H2,1-2H3. The number of hydrogen-bond donors (Lipinski definition) is 2. The zero-order valence-corrected chi connectivity index (χ0v) is 9.51. The van der Waals surface area contributed by atoms with Gasteiger partial charge in [0, 0.05) is 32.8 Å². The quantitative estimate of drug-likeness (QED) is 0.651. The fourth-order valence-electron chi connectivity index (χ4n) is 2.14. The van der Waals surface area contributed by atoms with Gasteiger partial charge in [-0.25, -0.2) is 0 Å². The lowest BCUT2D eigenvalue weighted by Crippen LogP contribution is -2.39. The Morgan fingerprint density at radius 1 is 1.36 bits per heavy atom. The predicted octanol–water partition coefficient (Wildman–Crippen LogP) is 0.987. The minimum atomic E-state index is 0.374. The number of rotatable bonds is 5. The molecule has 1 aliphatic rings. The Balaban J connectivity index is 2.29. The number of ether oxygens (including phenoxy) is 1. The van der Waals surface area contributed by atoms with Crippen molar-refractivity contribution in [2.24, 2.45) is 17.1 Å². The van der Waals surface area contributed by atoms with E-state index in [-0.39, 0.29) is 0 Å². The maximum Gasteiger partial charge on any atom is 0.0468 e. The molecule has 3 nitrogen and oxygen atoms in total. The van der Waals surface area contributed by atoms with Gasteiger partial charge < -0.3 is 15.8 Å². The molecule has 0 saturated carbocycles. The monoisotopic (exact) mass is 200 g/mol. The number of nitrogens with one attached hydrogen (secondary N) is 1. The van der Waals surface area contributed by atoms with Gasteiger partial charge in [-0.1, -0.05) is 13.8 Å². The van der Waals surface area contributed by atoms with Crippen LogP contribution in [0, 0.1) is 11.3 Å². The second-order valence-corrected chi connectivity index (χ2v) is 4.84. The van der Waals surface area contributed by atoms with Crippen molar-refractivity contribution in [3.8, 4) is 0 Å². The molecular weight excluding hydrogens is 176 g/mol. The third-order valence-corrected chi connectivity index (χ3v) is 3.23. The zero-order valence-electron chi connectivity index (χ0n) is 9.51. The lowest BCUT2D eigenvalue weighted by molar-refractivity contribution is 0.0229. The molecule has 1 aliphatic heterocycles. The van der Waals surface area contributed by atoms with Crippen molar-refractivity contribution in [2.75, 3.05) is 32.8 Å². The molecule has 1 fully saturated rings. The van der Waals surface area contributed by atoms with Gasteiger partial charge in [0.05, 0.1) is 0 Å². The van der Waals surface area contributed by atoms with Crippen molar-refractivity contribution in [3.63, 3.8) is 0 Å². The van der Waals surface area contributed by atoms with Gasteiger partial charge in [-0.05, 0) is 24.2 Å². The van der Waals surface area contributed by atoms with Gasteiger partial charge >= 0.3 is 0 Å². The van der Waals surface area contributed by atoms with Crippen molar-refractivity contribution < 1.29 is 4.74 Å². The first-order valence-electron chi connectivity index (χ1n) is 5.65. The third kappa shape index (κ3) is 3.56. The molecule has 3 N–H and O–H groups in total. The molecule has 0 bridgehead atoms. The molecular formula is C11H24N2O. The molecule has 0 radical (unpaired) electrons. The summed E-state index contributed by atoms with van der Waals surface area (Å²) in [4.78, 5) is 0. The van der Waals surface area contributed by atoms with E-state index in [9.17, 15) is 0 Å². The molecule has 0 aromatic rings. The minimum absolute atomic E-state index is 0.374. The van der Waals surface area contributed by atoms with Crippen LogP contribution in [0.2, 0.25) is 0 Å². The van der Waals surface area contributed by atoms with E-state index < -0.39 is 0 Å². The van der Waals surface area contributed by atoms with E-state index in [1.807, 2.05) is 0 Å². The van der Waals surface area contributed by atoms with Crippen LogP contribution in [0.3, 0.4) is 0 Å². The van der Waals surface area contributed by atoms with Crippen molar-refractivity contribution in [3.05, 3.63) is 0 Å². The second-order valence-electron chi connectivity index (χ2n) is 4.84. The van der Waals surface area contributed by atoms with Crippen molar-refractivity contribution >= 4 is 0 Å². The van der Waals surface area contributed by atoms with Crippen molar-refractivity contribution in [1.82, 2.24) is 5.32 Å². The molecule has 0 atom stereocenters. The number of nitrogens with two attached hydrogens (primary N) is 1. The summed E-state index contributed by atoms with van der Waals surface area (Å²) in [6, 6.07) is 0. The highest BCUT2D eigenvalue weighted by atomic mass is 16.5. The van der Waals surface area contributed by atoms with Crippen LogP contribution in [0.25, 0.3) is 0 Å². The molecule has 0 spiro atoms. The second kappa shape index (κ2) is 5.69. The van der Waals surface area contributed by atoms with Gasteiger partial charge in [-0.3, -0.25) is 0 Å². The molecule has 0 aromatic carbocycles. The zero-order chi connectivity index (χ0) is 10.4. The lowest BCUT2D eigenvalue weighted by atomic mass is 9.74. The normalized spacial score (nSPS) is 19.9. The van der Waals surface area contributed by atoms with E-state index in [2.05, 4.69) is 19.2 Å². The fourth-order valence-corrected chi connectivity index (χ4v) is 2.14. The third-order valence-electron chi connectivity index (χ3n) is 3.23. The van der Waals surface area contributed by atoms with Crippen LogP contribution in [-0.4, -0.2) is 32.8 Å². The maximum absolute atomic E-state index is 5.45. The molecule has 3 heteroatoms. The van der Waals surface area contributed by atoms with Crippen LogP contribution in [0.4, 0.5) is 0 Å². The summed E-state index contributed by atoms with van der Waals surface area (Å²) in [7, 11) is 0. The van der Waals surface area contributed by atoms with Crippen LogP contribution in [0.1, 0.15) is 26.7 Å². The summed E-state index contributed by atoms with van der Waals surface area (Å²) in [5.74, 6) is 0.793. The van der Waals surface area contributed by atoms with Crippen molar-refractivity contribution in [1.29, 1.82) is 0 Å². The summed E-state index contributed by atoms with van der Waals surface area (Å²) in [5.41, 5.74) is 5.83. The predicted molar refractivity (Wildman–Crippen MR) is 59.2 cm³/mol. The van der Waals surface area contributed by atoms with E-state index in [1.54, 1.807) is 0 Å². The molecule has 0 aliphatic carbocycles. The summed E-state index contributed by atoms with van der Waals surface area (Å²) in [5, 5.41) is 3.41. The van der Waals surface area contributed by atoms with Crippen LogP contribution in [-0.2, 0) is 4.74 Å². The Bertz CT molecular complexity index is 153. The molecule has 1 saturated heterocycles. The largest absolute Gasteiger partial charge is 0.381 e. The Labute approximate surface area is 87.4 Å². The Hall–Kier alpha value is -0.120. The highest BCUT2D eigenvalue weighted by Crippen LogP contribution is 2.33. The topological polar surface area (TPSA) is 47.3 Å². The van der Waals surface area contributed by atoms with Gasteiger partial charge in [-0.15, -0.1) is 0 Å². The maximum atomic E-state index is 5.45. The highest BCUT2D eigenvalue weighted by molar-refractivity contribution is 4.82. The van der Waals surface area contributed by atoms with Gasteiger partial charge in [-0.2, -0.15) is 0 Å². The van der Waals surface area contributed by atoms with Crippen LogP contribution < -0.4 is 11.1 Å². The van der Waals surface area contributed by atoms with Crippen LogP contribution in [0.5, 0.6) is 0 Å². The van der Waals surface area contributed by atoms with Gasteiger partial charge in [0.25, 0.3) is 0 Å². The molecule has 0 amide bonds. The Kier molecular flexibility index (Phi) is 4.85. The van der Waals surface area contributed by atoms with E-state index in [4.69, 9.17) is 10.5 Å². The van der Waals surface area contributed by atoms with E-state index in [0.717, 1.165) is 38.8 Å². The first kappa shape index (κ1) is 12.0. The smallest absolute Gasteiger partial charge is 0.0468 e. The van der Waals surface area contributed by atoms with Crippen molar-refractivity contribution in [2.45, 2.75) is 26.7 Å². The Morgan fingerprint density at radius 3 is 2.57 bits per heavy atom. The molecule has 1 heterocycles. The summed E-state index contributed by atoms with van der Waals surface area (Å²) in [6.07, 6.45) is 2.41. The molecule has 84 valence electrons. The first-order valence-corrected chi connectivity index (χ1v) is 5.65. The van der Waals surface area contributed by atoms with E-state index in [1.165, 1.54) is 12.8 Å². The van der Waals surface area contributed by atoms with Crippen LogP contribution in [0.15, 0.2) is 0 Å². The van der Waals surface area contributed by atoms with Crippen LogP contribution >= 0.6 is 0 Å². The number of hydrogen-bond acceptors (Lipinski definition) is 3. The SMILES string of the molecule is CC(C)(CNCCN)C1CCOCC1. The molecule has 1 rings (SSSR count). The molecule has 0 unspecified atom stereocenters. The first-order chi connectivity index (χ1) is 6.67. The van der Waals surface area contributed by atoms with Gasteiger partial charge in [0.2, 0.25) is 0 Å². The summed E-state index contributed by atoms with van der Waals surface area (Å²) < 4.78 is 5.38. The average Bonchev–Trinajstić information content (AvgIpc) is 2.19. The highest BCUT2D eigenvalue weighted by Gasteiger charge is 2.30. The summed E-state index contributed by atoms with van der Waals surface area (Å²) in [6.45, 7) is 9.26. The van der Waals surface area contributed by atoms with E-state index in [0.29, 0.717) is 5.41 Å². The Morgan fingerprint density at radius 2 is 2.00 bits per heavy atom. The molecule has 0 aromatic heterocycles. The minimum Gasteiger partial charge on any atom is -0.381 e.